The number of nitrogens with zero attached hydrogens (tertiary/aromatic N) is 2. The lowest BCUT2D eigenvalue weighted by molar-refractivity contribution is -0.139. The fourth-order valence-electron chi connectivity index (χ4n) is 5.02. The number of methoxy groups -OCH3 is 1. The number of aliphatic carboxylic acids is 1. The van der Waals surface area contributed by atoms with Gasteiger partial charge in [0.25, 0.3) is 5.56 Å². The van der Waals surface area contributed by atoms with E-state index in [-0.39, 0.29) is 36.0 Å². The zero-order chi connectivity index (χ0) is 29.1. The number of anilines is 1. The van der Waals surface area contributed by atoms with Crippen LogP contribution in [0.4, 0.5) is 5.82 Å². The van der Waals surface area contributed by atoms with Gasteiger partial charge in [0, 0.05) is 11.3 Å². The van der Waals surface area contributed by atoms with Crippen molar-refractivity contribution in [3.63, 3.8) is 0 Å². The van der Waals surface area contributed by atoms with Crippen molar-refractivity contribution in [1.29, 1.82) is 0 Å². The molecule has 2 heterocycles. The molecule has 0 fully saturated rings. The molecule has 1 aromatic heterocycles. The SMILES string of the molecule is CCOC(=O)C1=C(C(C)C)Nc2c(c(=O)n(CC(=O)O)c(=O)n2Cc2ccccc2OC)C1c1ccc(C)cc1. The Morgan fingerprint density at radius 1 is 1.05 bits per heavy atom. The number of para-hydroxylation sites is 1. The number of aryl methyl sites for hydroxylation is 1. The van der Waals surface area contributed by atoms with Gasteiger partial charge < -0.3 is 19.9 Å². The number of benzene rings is 2. The fourth-order valence-corrected chi connectivity index (χ4v) is 5.02. The number of carbonyl (C=O) groups is 2. The molecule has 0 saturated carbocycles. The molecule has 2 N–H and O–H groups in total. The summed E-state index contributed by atoms with van der Waals surface area (Å²) in [5.41, 5.74) is 1.52. The summed E-state index contributed by atoms with van der Waals surface area (Å²) in [6, 6.07) is 14.5. The molecule has 1 atom stereocenters. The van der Waals surface area contributed by atoms with E-state index in [9.17, 15) is 24.3 Å². The van der Waals surface area contributed by atoms with Gasteiger partial charge in [-0.3, -0.25) is 14.2 Å². The molecule has 0 amide bonds. The van der Waals surface area contributed by atoms with Crippen LogP contribution < -0.4 is 21.3 Å². The summed E-state index contributed by atoms with van der Waals surface area (Å²) in [6.45, 7) is 6.68. The molecular weight excluding hydrogens is 514 g/mol. The molecule has 10 nitrogen and oxygen atoms in total. The van der Waals surface area contributed by atoms with E-state index < -0.39 is 35.7 Å². The van der Waals surface area contributed by atoms with Gasteiger partial charge in [-0.25, -0.2) is 14.2 Å². The number of rotatable bonds is 9. The first-order valence-corrected chi connectivity index (χ1v) is 13.0. The molecular formula is C30H33N3O7. The summed E-state index contributed by atoms with van der Waals surface area (Å²) < 4.78 is 13.0. The summed E-state index contributed by atoms with van der Waals surface area (Å²) in [5.74, 6) is -2.34. The largest absolute Gasteiger partial charge is 0.496 e. The van der Waals surface area contributed by atoms with Crippen molar-refractivity contribution in [3.05, 3.63) is 103 Å². The van der Waals surface area contributed by atoms with E-state index >= 15 is 0 Å². The van der Waals surface area contributed by atoms with Crippen molar-refractivity contribution in [2.75, 3.05) is 19.0 Å². The minimum atomic E-state index is -1.34. The Kier molecular flexibility index (Phi) is 8.27. The molecule has 0 saturated heterocycles. The normalized spacial score (nSPS) is 14.5. The van der Waals surface area contributed by atoms with Crippen LogP contribution in [0.5, 0.6) is 5.75 Å². The molecule has 0 bridgehead atoms. The van der Waals surface area contributed by atoms with Gasteiger partial charge in [-0.1, -0.05) is 61.9 Å². The van der Waals surface area contributed by atoms with E-state index in [0.29, 0.717) is 27.1 Å². The summed E-state index contributed by atoms with van der Waals surface area (Å²) >= 11 is 0. The minimum absolute atomic E-state index is 0.0151. The van der Waals surface area contributed by atoms with Gasteiger partial charge >= 0.3 is 17.6 Å². The third-order valence-corrected chi connectivity index (χ3v) is 6.88. The number of allylic oxidation sites excluding steroid dienone is 1. The van der Waals surface area contributed by atoms with Crippen LogP contribution in [0.1, 0.15) is 48.9 Å². The first-order valence-electron chi connectivity index (χ1n) is 13.0. The molecule has 0 aliphatic carbocycles. The van der Waals surface area contributed by atoms with Gasteiger partial charge in [0.2, 0.25) is 0 Å². The molecule has 3 aromatic rings. The molecule has 2 aromatic carbocycles. The van der Waals surface area contributed by atoms with E-state index in [2.05, 4.69) is 5.32 Å². The Morgan fingerprint density at radius 3 is 2.33 bits per heavy atom. The molecule has 1 aliphatic heterocycles. The molecule has 1 aliphatic rings. The molecule has 40 heavy (non-hydrogen) atoms. The van der Waals surface area contributed by atoms with Gasteiger partial charge in [0.15, 0.2) is 0 Å². The van der Waals surface area contributed by atoms with Crippen molar-refractivity contribution in [2.45, 2.75) is 46.7 Å². The number of aromatic nitrogens is 2. The number of carboxylic acids is 1. The highest BCUT2D eigenvalue weighted by Crippen LogP contribution is 2.42. The number of fused-ring (bicyclic) bond motifs is 1. The standard InChI is InChI=1S/C30H33N3O7/c1-6-40-29(37)24-23(19-13-11-18(4)12-14-19)25-27(31-26(24)17(2)3)32(15-20-9-7-8-10-21(20)39-5)30(38)33(28(25)36)16-22(34)35/h7-14,17,23,31H,6,15-16H2,1-5H3,(H,34,35). The second-order valence-electron chi connectivity index (χ2n) is 9.90. The topological polar surface area (TPSA) is 129 Å². The van der Waals surface area contributed by atoms with Crippen molar-refractivity contribution in [3.8, 4) is 5.75 Å². The van der Waals surface area contributed by atoms with Crippen molar-refractivity contribution in [1.82, 2.24) is 9.13 Å². The lowest BCUT2D eigenvalue weighted by atomic mass is 9.80. The van der Waals surface area contributed by atoms with E-state index in [1.165, 1.54) is 11.7 Å². The molecule has 0 spiro atoms. The Hall–Kier alpha value is -4.60. The number of carbonyl (C=O) groups excluding carboxylic acids is 1. The zero-order valence-corrected chi connectivity index (χ0v) is 23.2. The van der Waals surface area contributed by atoms with Crippen LogP contribution in [0, 0.1) is 12.8 Å². The lowest BCUT2D eigenvalue weighted by Gasteiger charge is -2.34. The first kappa shape index (κ1) is 28.4. The van der Waals surface area contributed by atoms with Crippen LogP contribution >= 0.6 is 0 Å². The van der Waals surface area contributed by atoms with Gasteiger partial charge in [-0.05, 0) is 31.4 Å². The molecule has 10 heteroatoms. The predicted molar refractivity (Wildman–Crippen MR) is 150 cm³/mol. The number of hydrogen-bond acceptors (Lipinski definition) is 7. The van der Waals surface area contributed by atoms with Crippen LogP contribution in [-0.4, -0.2) is 39.9 Å². The second kappa shape index (κ2) is 11.6. The van der Waals surface area contributed by atoms with E-state index in [1.807, 2.05) is 45.0 Å². The number of hydrogen-bond donors (Lipinski definition) is 2. The number of nitrogens with one attached hydrogen (secondary N) is 1. The summed E-state index contributed by atoms with van der Waals surface area (Å²) in [7, 11) is 1.51. The molecule has 210 valence electrons. The highest BCUT2D eigenvalue weighted by Gasteiger charge is 2.40. The number of esters is 1. The van der Waals surface area contributed by atoms with Crippen LogP contribution in [0.15, 0.2) is 69.4 Å². The third kappa shape index (κ3) is 5.29. The first-order chi connectivity index (χ1) is 19.1. The number of carboxylic acid groups (broad SMARTS) is 1. The van der Waals surface area contributed by atoms with Crippen molar-refractivity contribution >= 4 is 17.8 Å². The Bertz CT molecular complexity index is 1600. The van der Waals surface area contributed by atoms with Gasteiger partial charge in [0.05, 0.1) is 37.3 Å². The van der Waals surface area contributed by atoms with Gasteiger partial charge in [-0.2, -0.15) is 0 Å². The van der Waals surface area contributed by atoms with Gasteiger partial charge in [0.1, 0.15) is 18.1 Å². The maximum absolute atomic E-state index is 14.0. The zero-order valence-electron chi connectivity index (χ0n) is 23.2. The Morgan fingerprint density at radius 2 is 1.73 bits per heavy atom. The highest BCUT2D eigenvalue weighted by molar-refractivity contribution is 5.94. The summed E-state index contributed by atoms with van der Waals surface area (Å²) in [6.07, 6.45) is 0. The van der Waals surface area contributed by atoms with Gasteiger partial charge in [-0.15, -0.1) is 0 Å². The van der Waals surface area contributed by atoms with E-state index in [1.54, 1.807) is 31.2 Å². The molecule has 0 radical (unpaired) electrons. The lowest BCUT2D eigenvalue weighted by Crippen LogP contribution is -2.47. The van der Waals surface area contributed by atoms with Crippen LogP contribution in [0.3, 0.4) is 0 Å². The molecule has 1 unspecified atom stereocenters. The Labute approximate surface area is 231 Å². The average molecular weight is 548 g/mol. The fraction of sp³-hybridized carbons (Fsp3) is 0.333. The number of ether oxygens (including phenoxy) is 2. The van der Waals surface area contributed by atoms with Crippen LogP contribution in [0.25, 0.3) is 0 Å². The maximum Gasteiger partial charge on any atom is 0.336 e. The monoisotopic (exact) mass is 547 g/mol. The molecule has 4 rings (SSSR count). The third-order valence-electron chi connectivity index (χ3n) is 6.88. The van der Waals surface area contributed by atoms with E-state index in [4.69, 9.17) is 9.47 Å². The van der Waals surface area contributed by atoms with Crippen molar-refractivity contribution < 1.29 is 24.2 Å². The summed E-state index contributed by atoms with van der Waals surface area (Å²) in [5, 5.41) is 12.8. The minimum Gasteiger partial charge on any atom is -0.496 e. The second-order valence-corrected chi connectivity index (χ2v) is 9.90. The highest BCUT2D eigenvalue weighted by atomic mass is 16.5. The predicted octanol–water partition coefficient (Wildman–Crippen LogP) is 3.49. The summed E-state index contributed by atoms with van der Waals surface area (Å²) in [4.78, 5) is 53.0. The maximum atomic E-state index is 14.0. The van der Waals surface area contributed by atoms with Crippen LogP contribution in [-0.2, 0) is 27.4 Å². The Balaban J connectivity index is 2.12. The quantitative estimate of drug-likeness (QED) is 0.390. The van der Waals surface area contributed by atoms with E-state index in [0.717, 1.165) is 5.56 Å². The average Bonchev–Trinajstić information content (AvgIpc) is 2.92. The van der Waals surface area contributed by atoms with Crippen LogP contribution in [0.2, 0.25) is 0 Å². The van der Waals surface area contributed by atoms with Crippen molar-refractivity contribution in [2.24, 2.45) is 5.92 Å². The smallest absolute Gasteiger partial charge is 0.336 e.